The zero-order valence-electron chi connectivity index (χ0n) is 4.40. The molecule has 0 unspecified atom stereocenters. The van der Waals surface area contributed by atoms with Crippen molar-refractivity contribution in [3.63, 3.8) is 0 Å². The molecule has 0 aromatic heterocycles. The molecule has 3 heteroatoms. The second-order valence-corrected chi connectivity index (χ2v) is 2.01. The fourth-order valence-corrected chi connectivity index (χ4v) is 0.658. The fraction of sp³-hybridized carbons (Fsp3) is 0. The van der Waals surface area contributed by atoms with Gasteiger partial charge in [0.15, 0.2) is 0 Å². The highest BCUT2D eigenvalue weighted by Gasteiger charge is 1.89. The van der Waals surface area contributed by atoms with Gasteiger partial charge in [0.25, 0.3) is 0 Å². The first kappa shape index (κ1) is 6.42. The smallest absolute Gasteiger partial charge is 0.121 e. The van der Waals surface area contributed by atoms with Crippen molar-refractivity contribution < 1.29 is 8.78 Å². The predicted octanol–water partition coefficient (Wildman–Crippen LogP) is 1.87. The molecular formula is C6H3F2S-. The minimum absolute atomic E-state index is 0.0741. The average molecular weight is 145 g/mol. The Hall–Kier alpha value is -0.700. The van der Waals surface area contributed by atoms with Crippen molar-refractivity contribution in [1.29, 1.82) is 0 Å². The van der Waals surface area contributed by atoms with Gasteiger partial charge in [-0.3, -0.25) is 0 Å². The maximum absolute atomic E-state index is 12.2. The Morgan fingerprint density at radius 3 is 2.33 bits per heavy atom. The molecule has 0 nitrogen and oxygen atoms in total. The van der Waals surface area contributed by atoms with Crippen LogP contribution in [-0.4, -0.2) is 0 Å². The second-order valence-electron chi connectivity index (χ2n) is 1.57. The molecule has 0 saturated carbocycles. The van der Waals surface area contributed by atoms with E-state index in [1.807, 2.05) is 0 Å². The molecule has 0 atom stereocenters. The molecular weight excluding hydrogens is 142 g/mol. The summed E-state index contributed by atoms with van der Waals surface area (Å²) in [5.74, 6) is -1.05. The van der Waals surface area contributed by atoms with Crippen molar-refractivity contribution in [3.05, 3.63) is 29.8 Å². The lowest BCUT2D eigenvalue weighted by Crippen LogP contribution is -1.81. The Kier molecular flexibility index (Phi) is 1.62. The van der Waals surface area contributed by atoms with Gasteiger partial charge in [-0.15, -0.1) is 4.90 Å². The molecule has 1 rings (SSSR count). The molecule has 0 radical (unpaired) electrons. The van der Waals surface area contributed by atoms with Gasteiger partial charge in [0.1, 0.15) is 11.6 Å². The Bertz CT molecular complexity index is 222. The van der Waals surface area contributed by atoms with Crippen LogP contribution in [0.3, 0.4) is 0 Å². The highest BCUT2D eigenvalue weighted by Crippen LogP contribution is 2.07. The molecule has 1 aromatic rings. The minimum atomic E-state index is -0.550. The topological polar surface area (TPSA) is 0 Å². The first-order valence-corrected chi connectivity index (χ1v) is 2.73. The monoisotopic (exact) mass is 145 g/mol. The highest BCUT2D eigenvalue weighted by molar-refractivity contribution is 7.58. The molecule has 0 fully saturated rings. The summed E-state index contributed by atoms with van der Waals surface area (Å²) in [6.07, 6.45) is 0. The van der Waals surface area contributed by atoms with Crippen LogP contribution in [0.5, 0.6) is 0 Å². The summed E-state index contributed by atoms with van der Waals surface area (Å²) in [6.45, 7) is 0. The van der Waals surface area contributed by atoms with Gasteiger partial charge in [0.05, 0.1) is 0 Å². The van der Waals surface area contributed by atoms with E-state index in [0.717, 1.165) is 18.2 Å². The summed E-state index contributed by atoms with van der Waals surface area (Å²) in [5, 5.41) is 0. The Morgan fingerprint density at radius 2 is 1.89 bits per heavy atom. The van der Waals surface area contributed by atoms with Crippen LogP contribution in [-0.2, 0) is 12.6 Å². The first-order valence-electron chi connectivity index (χ1n) is 2.32. The van der Waals surface area contributed by atoms with Crippen molar-refractivity contribution in [2.45, 2.75) is 4.90 Å². The Labute approximate surface area is 56.9 Å². The zero-order valence-corrected chi connectivity index (χ0v) is 5.21. The van der Waals surface area contributed by atoms with Crippen molar-refractivity contribution >= 4 is 12.6 Å². The molecule has 0 bridgehead atoms. The van der Waals surface area contributed by atoms with Crippen molar-refractivity contribution in [2.75, 3.05) is 0 Å². The molecule has 0 heterocycles. The molecule has 0 aliphatic carbocycles. The van der Waals surface area contributed by atoms with E-state index in [1.165, 1.54) is 0 Å². The minimum Gasteiger partial charge on any atom is -0.777 e. The maximum Gasteiger partial charge on any atom is 0.121 e. The van der Waals surface area contributed by atoms with Crippen LogP contribution in [0, 0.1) is 11.6 Å². The summed E-state index contributed by atoms with van der Waals surface area (Å²) < 4.78 is 24.3. The van der Waals surface area contributed by atoms with Gasteiger partial charge in [-0.1, -0.05) is 0 Å². The molecule has 0 aliphatic rings. The quantitative estimate of drug-likeness (QED) is 0.502. The number of hydrogen-bond donors (Lipinski definition) is 0. The van der Waals surface area contributed by atoms with Gasteiger partial charge in [-0.05, 0) is 18.2 Å². The van der Waals surface area contributed by atoms with E-state index in [4.69, 9.17) is 0 Å². The van der Waals surface area contributed by atoms with E-state index in [0.29, 0.717) is 0 Å². The summed E-state index contributed by atoms with van der Waals surface area (Å²) in [5.41, 5.74) is 0. The van der Waals surface area contributed by atoms with Gasteiger partial charge in [-0.2, -0.15) is 0 Å². The third kappa shape index (κ3) is 1.36. The maximum atomic E-state index is 12.2. The molecule has 0 aliphatic heterocycles. The molecule has 9 heavy (non-hydrogen) atoms. The van der Waals surface area contributed by atoms with Crippen LogP contribution in [0.2, 0.25) is 0 Å². The van der Waals surface area contributed by atoms with Gasteiger partial charge < -0.3 is 12.6 Å². The van der Waals surface area contributed by atoms with Gasteiger partial charge in [-0.25, -0.2) is 8.78 Å². The summed E-state index contributed by atoms with van der Waals surface area (Å²) in [7, 11) is 0. The average Bonchev–Trinajstić information content (AvgIpc) is 1.80. The normalized spacial score (nSPS) is 9.56. The zero-order chi connectivity index (χ0) is 6.85. The predicted molar refractivity (Wildman–Crippen MR) is 32.0 cm³/mol. The summed E-state index contributed by atoms with van der Waals surface area (Å²) >= 11 is 4.43. The third-order valence-corrected chi connectivity index (χ3v) is 1.21. The molecule has 1 aromatic carbocycles. The largest absolute Gasteiger partial charge is 0.777 e. The van der Waals surface area contributed by atoms with Gasteiger partial charge in [0.2, 0.25) is 0 Å². The Balaban J connectivity index is 3.17. The van der Waals surface area contributed by atoms with Crippen LogP contribution >= 0.6 is 0 Å². The third-order valence-electron chi connectivity index (χ3n) is 0.893. The van der Waals surface area contributed by atoms with Crippen molar-refractivity contribution in [1.82, 2.24) is 0 Å². The first-order chi connectivity index (χ1) is 4.20. The highest BCUT2D eigenvalue weighted by atomic mass is 32.1. The number of benzene rings is 1. The van der Waals surface area contributed by atoms with Crippen molar-refractivity contribution in [3.8, 4) is 0 Å². The molecule has 48 valence electrons. The van der Waals surface area contributed by atoms with Crippen LogP contribution in [0.4, 0.5) is 8.78 Å². The second kappa shape index (κ2) is 2.27. The van der Waals surface area contributed by atoms with Crippen LogP contribution < -0.4 is 0 Å². The fourth-order valence-electron chi connectivity index (χ4n) is 0.477. The number of halogens is 2. The molecule has 0 N–H and O–H groups in total. The van der Waals surface area contributed by atoms with E-state index in [9.17, 15) is 8.78 Å². The lowest BCUT2D eigenvalue weighted by atomic mass is 10.3. The SMILES string of the molecule is Fc1ccc(F)c([S-])c1. The van der Waals surface area contributed by atoms with Crippen LogP contribution in [0.1, 0.15) is 0 Å². The standard InChI is InChI=1S/C6H4F2S/c7-4-1-2-5(8)6(9)3-4/h1-3,9H/p-1. The lowest BCUT2D eigenvalue weighted by Gasteiger charge is -2.04. The van der Waals surface area contributed by atoms with Gasteiger partial charge in [0, 0.05) is 0 Å². The number of rotatable bonds is 0. The summed E-state index contributed by atoms with van der Waals surface area (Å²) in [6, 6.07) is 3.02. The van der Waals surface area contributed by atoms with E-state index in [2.05, 4.69) is 12.6 Å². The number of hydrogen-bond acceptors (Lipinski definition) is 1. The van der Waals surface area contributed by atoms with Gasteiger partial charge >= 0.3 is 0 Å². The van der Waals surface area contributed by atoms with Crippen molar-refractivity contribution in [2.24, 2.45) is 0 Å². The molecule has 0 amide bonds. The van der Waals surface area contributed by atoms with E-state index < -0.39 is 11.6 Å². The lowest BCUT2D eigenvalue weighted by molar-refractivity contribution is 0.577. The Morgan fingerprint density at radius 1 is 1.22 bits per heavy atom. The van der Waals surface area contributed by atoms with E-state index >= 15 is 0 Å². The summed E-state index contributed by atoms with van der Waals surface area (Å²) in [4.78, 5) is -0.0741. The van der Waals surface area contributed by atoms with E-state index in [-0.39, 0.29) is 4.90 Å². The molecule has 0 saturated heterocycles. The van der Waals surface area contributed by atoms with Crippen LogP contribution in [0.25, 0.3) is 0 Å². The molecule has 0 spiro atoms. The van der Waals surface area contributed by atoms with Crippen LogP contribution in [0.15, 0.2) is 23.1 Å². The van der Waals surface area contributed by atoms with E-state index in [1.54, 1.807) is 0 Å².